The smallest absolute Gasteiger partial charge is 0.383 e. The molecule has 0 saturated heterocycles. The quantitative estimate of drug-likeness (QED) is 0.305. The van der Waals surface area contributed by atoms with Crippen LogP contribution in [0.4, 0.5) is 11.4 Å². The second-order valence-corrected chi connectivity index (χ2v) is 6.93. The molecule has 3 N–H and O–H groups in total. The number of nitrogens with zero attached hydrogens (tertiary/aromatic N) is 3. The molecule has 1 aromatic heterocycles. The fraction of sp³-hybridized carbons (Fsp3) is 0.400. The first kappa shape index (κ1) is 23.9. The molecular formula is C15H22N4O7P2+2. The molecule has 0 saturated carbocycles. The number of non-ortho nitro benzene ring substituents is 1. The first-order valence-electron chi connectivity index (χ1n) is 8.28. The number of hydrogen-bond acceptors (Lipinski definition) is 8. The summed E-state index contributed by atoms with van der Waals surface area (Å²) < 4.78 is 22.2. The fourth-order valence-electron chi connectivity index (χ4n) is 2.35. The Kier molecular flexibility index (Phi) is 10.5. The van der Waals surface area contributed by atoms with Crippen molar-refractivity contribution < 1.29 is 28.2 Å². The lowest BCUT2D eigenvalue weighted by atomic mass is 10.1. The molecule has 0 bridgehead atoms. The van der Waals surface area contributed by atoms with E-state index in [-0.39, 0.29) is 10.6 Å². The van der Waals surface area contributed by atoms with Crippen molar-refractivity contribution >= 4 is 38.8 Å². The molecular weight excluding hydrogens is 410 g/mol. The van der Waals surface area contributed by atoms with Crippen molar-refractivity contribution in [2.75, 3.05) is 31.5 Å². The highest BCUT2D eigenvalue weighted by Crippen LogP contribution is 2.30. The van der Waals surface area contributed by atoms with Crippen LogP contribution in [0.5, 0.6) is 0 Å². The monoisotopic (exact) mass is 432 g/mol. The largest absolute Gasteiger partial charge is 0.745 e. The Hall–Kier alpha value is -2.13. The second-order valence-electron chi connectivity index (χ2n) is 5.33. The number of anilines is 1. The van der Waals surface area contributed by atoms with Crippen LogP contribution in [0.2, 0.25) is 0 Å². The van der Waals surface area contributed by atoms with Crippen molar-refractivity contribution in [2.24, 2.45) is 0 Å². The van der Waals surface area contributed by atoms with Gasteiger partial charge in [-0.3, -0.25) is 15.1 Å². The Morgan fingerprint density at radius 2 is 1.86 bits per heavy atom. The minimum atomic E-state index is -2.92. The van der Waals surface area contributed by atoms with Crippen molar-refractivity contribution in [2.45, 2.75) is 13.8 Å². The van der Waals surface area contributed by atoms with Gasteiger partial charge in [0.1, 0.15) is 0 Å². The topological polar surface area (TPSA) is 155 Å². The van der Waals surface area contributed by atoms with E-state index in [1.807, 2.05) is 6.07 Å². The molecule has 28 heavy (non-hydrogen) atoms. The molecule has 0 aliphatic carbocycles. The van der Waals surface area contributed by atoms with E-state index in [4.69, 9.17) is 9.79 Å². The standard InChI is InChI=1S/C15H20N4O2.O5P2/c1-3-18(4-2)10-9-17-15-7-8-16-14-6-5-12(19(20)21)11-13(14)15;1-6(2)5-7(3)4/h5-8,11H,3-4,9-10H2,1-2H3,(H,16,17);/p+2. The summed E-state index contributed by atoms with van der Waals surface area (Å²) >= 11 is 0. The molecule has 152 valence electrons. The number of likely N-dealkylation sites (N-methyl/N-ethyl adjacent to an activating group) is 1. The molecule has 2 rings (SSSR count). The van der Waals surface area contributed by atoms with Gasteiger partial charge in [0.25, 0.3) is 5.69 Å². The van der Waals surface area contributed by atoms with Gasteiger partial charge in [0, 0.05) is 51.6 Å². The van der Waals surface area contributed by atoms with Gasteiger partial charge in [-0.25, -0.2) is 0 Å². The molecule has 0 fully saturated rings. The molecule has 0 aliphatic heterocycles. The molecule has 0 radical (unpaired) electrons. The van der Waals surface area contributed by atoms with Crippen LogP contribution in [0, 0.1) is 10.1 Å². The van der Waals surface area contributed by atoms with Crippen molar-refractivity contribution in [3.05, 3.63) is 40.6 Å². The van der Waals surface area contributed by atoms with Crippen LogP contribution in [0.3, 0.4) is 0 Å². The van der Waals surface area contributed by atoms with E-state index in [9.17, 15) is 19.2 Å². The van der Waals surface area contributed by atoms with Crippen LogP contribution in [-0.2, 0) is 13.4 Å². The summed E-state index contributed by atoms with van der Waals surface area (Å²) in [6.45, 7) is 8.03. The third kappa shape index (κ3) is 8.26. The van der Waals surface area contributed by atoms with E-state index in [1.165, 1.54) is 6.07 Å². The number of aromatic nitrogens is 1. The Bertz CT molecular complexity index is 821. The SMILES string of the molecule is CCN(CC)CCNc1ccnc2ccc([N+](=O)[O-])cc12.O=[P+](O)O[P+](=O)O. The van der Waals surface area contributed by atoms with Crippen LogP contribution in [0.25, 0.3) is 10.9 Å². The Morgan fingerprint density at radius 1 is 1.21 bits per heavy atom. The molecule has 0 aliphatic rings. The molecule has 1 aromatic carbocycles. The van der Waals surface area contributed by atoms with Crippen LogP contribution in [-0.4, -0.2) is 50.8 Å². The number of nitro benzene ring substituents is 1. The molecule has 0 amide bonds. The molecule has 2 unspecified atom stereocenters. The molecule has 2 aromatic rings. The van der Waals surface area contributed by atoms with Gasteiger partial charge in [-0.05, 0) is 25.2 Å². The predicted molar refractivity (Wildman–Crippen MR) is 105 cm³/mol. The maximum absolute atomic E-state index is 10.9. The molecule has 2 atom stereocenters. The summed E-state index contributed by atoms with van der Waals surface area (Å²) in [7, 11) is -5.85. The summed E-state index contributed by atoms with van der Waals surface area (Å²) in [6.07, 6.45) is 1.72. The van der Waals surface area contributed by atoms with Crippen LogP contribution in [0.1, 0.15) is 13.8 Å². The summed E-state index contributed by atoms with van der Waals surface area (Å²) in [5, 5.41) is 15.0. The van der Waals surface area contributed by atoms with E-state index >= 15 is 0 Å². The van der Waals surface area contributed by atoms with Gasteiger partial charge < -0.3 is 10.2 Å². The third-order valence-corrected chi connectivity index (χ3v) is 4.83. The van der Waals surface area contributed by atoms with Gasteiger partial charge in [0.05, 0.1) is 10.4 Å². The van der Waals surface area contributed by atoms with Gasteiger partial charge in [0.2, 0.25) is 0 Å². The first-order valence-corrected chi connectivity index (χ1v) is 10.5. The zero-order chi connectivity index (χ0) is 21.1. The second kappa shape index (κ2) is 12.4. The number of rotatable bonds is 9. The van der Waals surface area contributed by atoms with Crippen LogP contribution in [0.15, 0.2) is 30.5 Å². The number of pyridine rings is 1. The normalized spacial score (nSPS) is 11.6. The van der Waals surface area contributed by atoms with E-state index in [0.717, 1.165) is 42.8 Å². The summed E-state index contributed by atoms with van der Waals surface area (Å²) in [5.74, 6) is 0. The number of hydrogen-bond donors (Lipinski definition) is 3. The highest BCUT2D eigenvalue weighted by Gasteiger charge is 2.31. The fourth-order valence-corrected chi connectivity index (χ4v) is 2.83. The van der Waals surface area contributed by atoms with Crippen molar-refractivity contribution in [3.63, 3.8) is 0 Å². The Morgan fingerprint density at radius 3 is 2.36 bits per heavy atom. The van der Waals surface area contributed by atoms with Gasteiger partial charge in [-0.2, -0.15) is 0 Å². The highest BCUT2D eigenvalue weighted by molar-refractivity contribution is 7.46. The van der Waals surface area contributed by atoms with Gasteiger partial charge in [-0.1, -0.05) is 13.8 Å². The Balaban J connectivity index is 0.000000480. The zero-order valence-corrected chi connectivity index (χ0v) is 17.2. The highest BCUT2D eigenvalue weighted by atomic mass is 31.2. The lowest BCUT2D eigenvalue weighted by molar-refractivity contribution is -0.384. The number of nitro groups is 1. The average Bonchev–Trinajstić information content (AvgIpc) is 2.64. The van der Waals surface area contributed by atoms with Gasteiger partial charge >= 0.3 is 16.5 Å². The van der Waals surface area contributed by atoms with E-state index in [2.05, 4.69) is 33.4 Å². The van der Waals surface area contributed by atoms with Crippen molar-refractivity contribution in [3.8, 4) is 0 Å². The van der Waals surface area contributed by atoms with E-state index in [1.54, 1.807) is 18.3 Å². The summed E-state index contributed by atoms with van der Waals surface area (Å²) in [5.41, 5.74) is 1.73. The van der Waals surface area contributed by atoms with E-state index < -0.39 is 16.5 Å². The van der Waals surface area contributed by atoms with Crippen molar-refractivity contribution in [1.29, 1.82) is 0 Å². The molecule has 0 spiro atoms. The molecule has 13 heteroatoms. The lowest BCUT2D eigenvalue weighted by Gasteiger charge is -2.18. The summed E-state index contributed by atoms with van der Waals surface area (Å²) in [6, 6.07) is 6.59. The maximum atomic E-state index is 10.9. The molecule has 11 nitrogen and oxygen atoms in total. The van der Waals surface area contributed by atoms with Crippen LogP contribution < -0.4 is 5.32 Å². The summed E-state index contributed by atoms with van der Waals surface area (Å²) in [4.78, 5) is 32.4. The number of benzene rings is 1. The van der Waals surface area contributed by atoms with Crippen molar-refractivity contribution in [1.82, 2.24) is 9.88 Å². The average molecular weight is 432 g/mol. The predicted octanol–water partition coefficient (Wildman–Crippen LogP) is 3.20. The van der Waals surface area contributed by atoms with Crippen LogP contribution >= 0.6 is 16.5 Å². The van der Waals surface area contributed by atoms with Gasteiger partial charge in [0.15, 0.2) is 4.31 Å². The number of fused-ring (bicyclic) bond motifs is 1. The first-order chi connectivity index (χ1) is 13.3. The zero-order valence-electron chi connectivity index (χ0n) is 15.4. The number of nitrogens with one attached hydrogen (secondary N) is 1. The lowest BCUT2D eigenvalue weighted by Crippen LogP contribution is -2.28. The van der Waals surface area contributed by atoms with E-state index in [0.29, 0.717) is 0 Å². The third-order valence-electron chi connectivity index (χ3n) is 3.71. The Labute approximate surface area is 163 Å². The maximum Gasteiger partial charge on any atom is 0.745 e. The minimum absolute atomic E-state index is 0.0855. The molecule has 1 heterocycles. The minimum Gasteiger partial charge on any atom is -0.383 e. The van der Waals surface area contributed by atoms with Gasteiger partial charge in [-0.15, -0.1) is 9.79 Å².